The van der Waals surface area contributed by atoms with Gasteiger partial charge in [0.15, 0.2) is 12.1 Å². The number of hydrogen-bond donors (Lipinski definition) is 5. The maximum Gasteiger partial charge on any atom is 0.350 e. The van der Waals surface area contributed by atoms with Gasteiger partial charge in [-0.25, -0.2) is 18.7 Å². The van der Waals surface area contributed by atoms with Crippen LogP contribution < -0.4 is 5.32 Å². The topological polar surface area (TPSA) is 172 Å². The van der Waals surface area contributed by atoms with Crippen molar-refractivity contribution >= 4 is 30.7 Å². The molecule has 3 heterocycles. The summed E-state index contributed by atoms with van der Waals surface area (Å²) >= 11 is 0. The maximum absolute atomic E-state index is 13.6. The lowest BCUT2D eigenvalue weighted by atomic mass is 9.92. The molecular formula is C20H28F2N5O7P. The molecule has 2 fully saturated rings. The highest BCUT2D eigenvalue weighted by Crippen LogP contribution is 2.38. The predicted molar refractivity (Wildman–Crippen MR) is 121 cm³/mol. The number of aromatic nitrogens is 3. The fraction of sp³-hybridized carbons (Fsp3) is 0.650. The standard InChI is InChI=1S/C20H28F2N5O7P/c1-23-8-14-25-17(24-11-2-5-20(21,22)6-3-11)12-4-7-27(18(12)26-14)19-16(29)15(28)13(34-19)9-33-10-35(30,31)32/h4,7-8,11,13,15-16,19,28-29H,2-3,5-6,9-10H2,1H3,(H,24,25,26)(H2,30,31,32)/b23-8-/t13-,15-,16-,19-/m1/s1. The third-order valence-corrected chi connectivity index (χ3v) is 6.56. The Balaban J connectivity index is 1.58. The number of aliphatic hydroxyl groups is 2. The first-order chi connectivity index (χ1) is 16.5. The van der Waals surface area contributed by atoms with Gasteiger partial charge >= 0.3 is 7.60 Å². The Kier molecular flexibility index (Phi) is 7.53. The van der Waals surface area contributed by atoms with Crippen molar-refractivity contribution < 1.29 is 42.8 Å². The second-order valence-corrected chi connectivity index (χ2v) is 10.4. The monoisotopic (exact) mass is 519 g/mol. The van der Waals surface area contributed by atoms with E-state index in [1.165, 1.54) is 10.8 Å². The maximum atomic E-state index is 13.6. The molecule has 1 saturated heterocycles. The number of fused-ring (bicyclic) bond motifs is 1. The average Bonchev–Trinajstić information content (AvgIpc) is 3.31. The number of aliphatic imine (C=N–C) groups is 1. The summed E-state index contributed by atoms with van der Waals surface area (Å²) in [6.45, 7) is -0.346. The van der Waals surface area contributed by atoms with Gasteiger partial charge in [0.2, 0.25) is 5.92 Å². The van der Waals surface area contributed by atoms with E-state index < -0.39 is 44.4 Å². The molecular weight excluding hydrogens is 491 g/mol. The Morgan fingerprint density at radius 3 is 2.69 bits per heavy atom. The van der Waals surface area contributed by atoms with Crippen molar-refractivity contribution in [2.24, 2.45) is 4.99 Å². The minimum absolute atomic E-state index is 0.201. The zero-order chi connectivity index (χ0) is 25.4. The molecule has 2 aliphatic rings. The highest BCUT2D eigenvalue weighted by molar-refractivity contribution is 7.51. The highest BCUT2D eigenvalue weighted by atomic mass is 31.2. The molecule has 2 aromatic rings. The van der Waals surface area contributed by atoms with Gasteiger partial charge in [0.1, 0.15) is 36.1 Å². The van der Waals surface area contributed by atoms with Crippen LogP contribution in [0.2, 0.25) is 0 Å². The Morgan fingerprint density at radius 2 is 2.03 bits per heavy atom. The number of halogens is 2. The van der Waals surface area contributed by atoms with Gasteiger partial charge < -0.3 is 39.4 Å². The minimum Gasteiger partial charge on any atom is -0.387 e. The Hall–Kier alpha value is -2.06. The van der Waals surface area contributed by atoms with Crippen molar-refractivity contribution in [3.8, 4) is 0 Å². The summed E-state index contributed by atoms with van der Waals surface area (Å²) in [5.74, 6) is -1.99. The number of rotatable bonds is 8. The van der Waals surface area contributed by atoms with E-state index in [1.54, 1.807) is 19.3 Å². The number of nitrogens with zero attached hydrogens (tertiary/aromatic N) is 4. The van der Waals surface area contributed by atoms with Gasteiger partial charge in [0.25, 0.3) is 0 Å². The van der Waals surface area contributed by atoms with Crippen molar-refractivity contribution in [3.63, 3.8) is 0 Å². The summed E-state index contributed by atoms with van der Waals surface area (Å²) in [4.78, 5) is 30.7. The second kappa shape index (κ2) is 10.1. The SMILES string of the molecule is C/N=C\c1nc(NC2CCC(F)(F)CC2)c2ccn([C@@H]3O[C@H](COCP(=O)(O)O)[C@@H](O)[C@H]3O)c2n1. The fourth-order valence-electron chi connectivity index (χ4n) is 4.30. The zero-order valence-corrected chi connectivity index (χ0v) is 19.8. The van der Waals surface area contributed by atoms with Crippen LogP contribution in [0.25, 0.3) is 11.0 Å². The van der Waals surface area contributed by atoms with Crippen LogP contribution in [0.1, 0.15) is 37.7 Å². The summed E-state index contributed by atoms with van der Waals surface area (Å²) in [6, 6.07) is 1.48. The van der Waals surface area contributed by atoms with Crippen molar-refractivity contribution in [1.29, 1.82) is 0 Å². The number of nitrogens with one attached hydrogen (secondary N) is 1. The Morgan fingerprint density at radius 1 is 1.31 bits per heavy atom. The van der Waals surface area contributed by atoms with Gasteiger partial charge in [-0.2, -0.15) is 0 Å². The van der Waals surface area contributed by atoms with Gasteiger partial charge in [0, 0.05) is 32.1 Å². The molecule has 0 radical (unpaired) electrons. The van der Waals surface area contributed by atoms with E-state index in [2.05, 4.69) is 20.3 Å². The van der Waals surface area contributed by atoms with Crippen LogP contribution in [0.3, 0.4) is 0 Å². The number of anilines is 1. The van der Waals surface area contributed by atoms with E-state index >= 15 is 0 Å². The van der Waals surface area contributed by atoms with Crippen molar-refractivity contribution in [3.05, 3.63) is 18.1 Å². The van der Waals surface area contributed by atoms with Crippen LogP contribution >= 0.6 is 7.60 Å². The summed E-state index contributed by atoms with van der Waals surface area (Å²) < 4.78 is 50.3. The number of aliphatic hydroxyl groups excluding tert-OH is 2. The van der Waals surface area contributed by atoms with Crippen molar-refractivity contribution in [2.75, 3.05) is 25.3 Å². The molecule has 0 spiro atoms. The van der Waals surface area contributed by atoms with Gasteiger partial charge in [-0.15, -0.1) is 0 Å². The normalized spacial score (nSPS) is 27.7. The molecule has 1 aliphatic heterocycles. The van der Waals surface area contributed by atoms with Crippen LogP contribution in [-0.4, -0.2) is 91.0 Å². The average molecular weight is 519 g/mol. The molecule has 35 heavy (non-hydrogen) atoms. The zero-order valence-electron chi connectivity index (χ0n) is 18.9. The van der Waals surface area contributed by atoms with Crippen LogP contribution in [0.15, 0.2) is 17.3 Å². The van der Waals surface area contributed by atoms with Crippen LogP contribution in [0.5, 0.6) is 0 Å². The van der Waals surface area contributed by atoms with E-state index in [4.69, 9.17) is 19.3 Å². The van der Waals surface area contributed by atoms with E-state index in [1.807, 2.05) is 0 Å². The lowest BCUT2D eigenvalue weighted by Gasteiger charge is -2.29. The van der Waals surface area contributed by atoms with Crippen LogP contribution in [-0.2, 0) is 14.0 Å². The molecule has 5 N–H and O–H groups in total. The molecule has 4 atom stereocenters. The Bertz CT molecular complexity index is 1120. The summed E-state index contributed by atoms with van der Waals surface area (Å²) in [7, 11) is -2.85. The summed E-state index contributed by atoms with van der Waals surface area (Å²) in [5, 5.41) is 24.8. The molecule has 194 valence electrons. The second-order valence-electron chi connectivity index (χ2n) is 8.76. The third-order valence-electron chi connectivity index (χ3n) is 6.04. The summed E-state index contributed by atoms with van der Waals surface area (Å²) in [5.41, 5.74) is 0.353. The first-order valence-electron chi connectivity index (χ1n) is 11.1. The van der Waals surface area contributed by atoms with Gasteiger partial charge in [0.05, 0.1) is 18.2 Å². The lowest BCUT2D eigenvalue weighted by Crippen LogP contribution is -2.34. The number of hydrogen-bond acceptors (Lipinski definition) is 9. The van der Waals surface area contributed by atoms with E-state index in [0.717, 1.165) is 0 Å². The quantitative estimate of drug-likeness (QED) is 0.252. The molecule has 1 aliphatic carbocycles. The molecule has 0 unspecified atom stereocenters. The van der Waals surface area contributed by atoms with Crippen LogP contribution in [0.4, 0.5) is 14.6 Å². The molecule has 0 bridgehead atoms. The van der Waals surface area contributed by atoms with Crippen molar-refractivity contribution in [2.45, 2.75) is 62.2 Å². The molecule has 12 nitrogen and oxygen atoms in total. The third kappa shape index (κ3) is 6.02. The number of ether oxygens (including phenoxy) is 2. The molecule has 1 saturated carbocycles. The molecule has 0 aromatic carbocycles. The van der Waals surface area contributed by atoms with Crippen molar-refractivity contribution in [1.82, 2.24) is 14.5 Å². The predicted octanol–water partition coefficient (Wildman–Crippen LogP) is 1.24. The largest absolute Gasteiger partial charge is 0.387 e. The molecule has 15 heteroatoms. The van der Waals surface area contributed by atoms with E-state index in [0.29, 0.717) is 16.9 Å². The highest BCUT2D eigenvalue weighted by Gasteiger charge is 2.44. The molecule has 4 rings (SSSR count). The fourth-order valence-corrected chi connectivity index (χ4v) is 4.64. The minimum atomic E-state index is -4.40. The molecule has 0 amide bonds. The smallest absolute Gasteiger partial charge is 0.350 e. The van der Waals surface area contributed by atoms with Gasteiger partial charge in [-0.05, 0) is 18.9 Å². The van der Waals surface area contributed by atoms with E-state index in [-0.39, 0.29) is 44.2 Å². The van der Waals surface area contributed by atoms with E-state index in [9.17, 15) is 23.6 Å². The molecule has 2 aromatic heterocycles. The first-order valence-corrected chi connectivity index (χ1v) is 12.9. The lowest BCUT2D eigenvalue weighted by molar-refractivity contribution is -0.0610. The number of alkyl halides is 2. The summed E-state index contributed by atoms with van der Waals surface area (Å²) in [6.07, 6.45) is -2.58. The van der Waals surface area contributed by atoms with Crippen LogP contribution in [0, 0.1) is 0 Å². The Labute approximate surface area is 199 Å². The van der Waals surface area contributed by atoms with Gasteiger partial charge in [-0.1, -0.05) is 0 Å². The first kappa shape index (κ1) is 26.0. The van der Waals surface area contributed by atoms with Gasteiger partial charge in [-0.3, -0.25) is 9.56 Å².